The minimum atomic E-state index is -0.421. The molecule has 0 aliphatic rings. The summed E-state index contributed by atoms with van der Waals surface area (Å²) in [5.74, 6) is -0.254. The van der Waals surface area contributed by atoms with Gasteiger partial charge in [-0.05, 0) is 31.9 Å². The van der Waals surface area contributed by atoms with Crippen LogP contribution in [0.3, 0.4) is 0 Å². The molecule has 0 radical (unpaired) electrons. The van der Waals surface area contributed by atoms with Crippen molar-refractivity contribution in [1.29, 1.82) is 0 Å². The molecule has 0 unspecified atom stereocenters. The van der Waals surface area contributed by atoms with E-state index < -0.39 is 11.9 Å². The molecule has 4 heteroatoms. The van der Waals surface area contributed by atoms with Crippen molar-refractivity contribution >= 4 is 11.9 Å². The summed E-state index contributed by atoms with van der Waals surface area (Å²) in [5, 5.41) is 0. The molecule has 1 aromatic rings. The molecule has 1 rings (SSSR count). The minimum absolute atomic E-state index is 0.0272. The van der Waals surface area contributed by atoms with Gasteiger partial charge in [-0.2, -0.15) is 0 Å². The van der Waals surface area contributed by atoms with Gasteiger partial charge in [0.1, 0.15) is 5.75 Å². The Labute approximate surface area is 107 Å². The number of ether oxygens (including phenoxy) is 2. The largest absolute Gasteiger partial charge is 0.469 e. The molecule has 0 aliphatic carbocycles. The van der Waals surface area contributed by atoms with Gasteiger partial charge in [0.15, 0.2) is 0 Å². The van der Waals surface area contributed by atoms with Gasteiger partial charge >= 0.3 is 11.9 Å². The first-order valence-electron chi connectivity index (χ1n) is 5.79. The third-order valence-electron chi connectivity index (χ3n) is 2.58. The van der Waals surface area contributed by atoms with Crippen LogP contribution in [0.1, 0.15) is 29.5 Å². The van der Waals surface area contributed by atoms with Crippen LogP contribution in [0.5, 0.6) is 5.75 Å². The van der Waals surface area contributed by atoms with E-state index in [1.807, 2.05) is 32.9 Å². The van der Waals surface area contributed by atoms with Crippen molar-refractivity contribution in [2.45, 2.75) is 33.6 Å². The number of benzene rings is 1. The fourth-order valence-corrected chi connectivity index (χ4v) is 1.80. The standard InChI is InChI=1S/C14H18O4/c1-9-7-10(2)14(11(3)8-9)18-13(16)6-5-12(15)17-4/h7-8H,5-6H2,1-4H3. The van der Waals surface area contributed by atoms with E-state index in [1.54, 1.807) is 0 Å². The highest BCUT2D eigenvalue weighted by Crippen LogP contribution is 2.24. The number of methoxy groups -OCH3 is 1. The van der Waals surface area contributed by atoms with Crippen molar-refractivity contribution in [3.8, 4) is 5.75 Å². The maximum absolute atomic E-state index is 11.6. The van der Waals surface area contributed by atoms with E-state index in [9.17, 15) is 9.59 Å². The quantitative estimate of drug-likeness (QED) is 0.608. The minimum Gasteiger partial charge on any atom is -0.469 e. The number of hydrogen-bond donors (Lipinski definition) is 0. The fourth-order valence-electron chi connectivity index (χ4n) is 1.80. The Morgan fingerprint density at radius 3 is 2.00 bits per heavy atom. The third-order valence-corrected chi connectivity index (χ3v) is 2.58. The number of carbonyl (C=O) groups excluding carboxylic acids is 2. The normalized spacial score (nSPS) is 10.0. The molecule has 1 aromatic carbocycles. The summed E-state index contributed by atoms with van der Waals surface area (Å²) in [6.45, 7) is 5.77. The van der Waals surface area contributed by atoms with Crippen LogP contribution in [0.4, 0.5) is 0 Å². The fraction of sp³-hybridized carbons (Fsp3) is 0.429. The van der Waals surface area contributed by atoms with Crippen LogP contribution in [-0.2, 0) is 14.3 Å². The van der Waals surface area contributed by atoms with Crippen molar-refractivity contribution in [3.63, 3.8) is 0 Å². The lowest BCUT2D eigenvalue weighted by Gasteiger charge is -2.11. The number of aryl methyl sites for hydroxylation is 3. The number of carbonyl (C=O) groups is 2. The summed E-state index contributed by atoms with van der Waals surface area (Å²) in [5.41, 5.74) is 2.96. The zero-order valence-electron chi connectivity index (χ0n) is 11.2. The topological polar surface area (TPSA) is 52.6 Å². The Bertz CT molecular complexity index is 440. The first-order valence-corrected chi connectivity index (χ1v) is 5.79. The predicted octanol–water partition coefficient (Wildman–Crippen LogP) is 2.47. The summed E-state index contributed by atoms with van der Waals surface area (Å²) in [6.07, 6.45) is 0.0682. The molecule has 0 amide bonds. The van der Waals surface area contributed by atoms with Gasteiger partial charge in [-0.15, -0.1) is 0 Å². The molecular formula is C14H18O4. The van der Waals surface area contributed by atoms with E-state index in [-0.39, 0.29) is 12.8 Å². The molecule has 0 fully saturated rings. The van der Waals surface area contributed by atoms with Gasteiger partial charge in [-0.3, -0.25) is 9.59 Å². The zero-order chi connectivity index (χ0) is 13.7. The molecule has 0 aliphatic heterocycles. The average molecular weight is 250 g/mol. The second-order valence-electron chi connectivity index (χ2n) is 4.28. The second kappa shape index (κ2) is 6.19. The van der Waals surface area contributed by atoms with Gasteiger partial charge in [0.2, 0.25) is 0 Å². The van der Waals surface area contributed by atoms with Crippen LogP contribution in [0, 0.1) is 20.8 Å². The summed E-state index contributed by atoms with van der Waals surface area (Å²) in [7, 11) is 1.29. The van der Waals surface area contributed by atoms with Crippen molar-refractivity contribution in [3.05, 3.63) is 28.8 Å². The lowest BCUT2D eigenvalue weighted by atomic mass is 10.1. The van der Waals surface area contributed by atoms with Crippen molar-refractivity contribution in [1.82, 2.24) is 0 Å². The number of esters is 2. The smallest absolute Gasteiger partial charge is 0.311 e. The van der Waals surface area contributed by atoms with Gasteiger partial charge in [0.05, 0.1) is 20.0 Å². The van der Waals surface area contributed by atoms with Crippen LogP contribution >= 0.6 is 0 Å². The van der Waals surface area contributed by atoms with E-state index in [2.05, 4.69) is 4.74 Å². The summed E-state index contributed by atoms with van der Waals surface area (Å²) >= 11 is 0. The van der Waals surface area contributed by atoms with Gasteiger partial charge < -0.3 is 9.47 Å². The van der Waals surface area contributed by atoms with Gasteiger partial charge in [-0.25, -0.2) is 0 Å². The lowest BCUT2D eigenvalue weighted by Crippen LogP contribution is -2.12. The van der Waals surface area contributed by atoms with Crippen molar-refractivity contribution in [2.24, 2.45) is 0 Å². The maximum atomic E-state index is 11.6. The highest BCUT2D eigenvalue weighted by molar-refractivity contribution is 5.79. The molecular weight excluding hydrogens is 232 g/mol. The van der Waals surface area contributed by atoms with E-state index in [4.69, 9.17) is 4.74 Å². The van der Waals surface area contributed by atoms with Crippen molar-refractivity contribution in [2.75, 3.05) is 7.11 Å². The first-order chi connectivity index (χ1) is 8.43. The highest BCUT2D eigenvalue weighted by Gasteiger charge is 2.12. The first kappa shape index (κ1) is 14.2. The average Bonchev–Trinajstić information content (AvgIpc) is 2.30. The zero-order valence-corrected chi connectivity index (χ0v) is 11.2. The van der Waals surface area contributed by atoms with Crippen LogP contribution in [0.15, 0.2) is 12.1 Å². The Balaban J connectivity index is 2.68. The van der Waals surface area contributed by atoms with Gasteiger partial charge in [0.25, 0.3) is 0 Å². The van der Waals surface area contributed by atoms with E-state index in [1.165, 1.54) is 7.11 Å². The SMILES string of the molecule is COC(=O)CCC(=O)Oc1c(C)cc(C)cc1C. The Hall–Kier alpha value is -1.84. The summed E-state index contributed by atoms with van der Waals surface area (Å²) < 4.78 is 9.75. The molecule has 0 spiro atoms. The summed E-state index contributed by atoms with van der Waals surface area (Å²) in [6, 6.07) is 3.91. The molecule has 0 bridgehead atoms. The Morgan fingerprint density at radius 2 is 1.50 bits per heavy atom. The molecule has 98 valence electrons. The predicted molar refractivity (Wildman–Crippen MR) is 67.5 cm³/mol. The van der Waals surface area contributed by atoms with Crippen LogP contribution in [0.2, 0.25) is 0 Å². The third kappa shape index (κ3) is 3.87. The highest BCUT2D eigenvalue weighted by atomic mass is 16.5. The molecule has 4 nitrogen and oxygen atoms in total. The Kier molecular flexibility index (Phi) is 4.89. The van der Waals surface area contributed by atoms with Crippen LogP contribution in [0.25, 0.3) is 0 Å². The molecule has 0 saturated heterocycles. The van der Waals surface area contributed by atoms with Crippen LogP contribution < -0.4 is 4.74 Å². The van der Waals surface area contributed by atoms with E-state index in [0.29, 0.717) is 5.75 Å². The number of hydrogen-bond acceptors (Lipinski definition) is 4. The van der Waals surface area contributed by atoms with E-state index >= 15 is 0 Å². The lowest BCUT2D eigenvalue weighted by molar-refractivity contribution is -0.144. The molecule has 18 heavy (non-hydrogen) atoms. The molecule has 0 saturated carbocycles. The summed E-state index contributed by atoms with van der Waals surface area (Å²) in [4.78, 5) is 22.5. The maximum Gasteiger partial charge on any atom is 0.311 e. The molecule has 0 aromatic heterocycles. The van der Waals surface area contributed by atoms with Crippen LogP contribution in [-0.4, -0.2) is 19.0 Å². The molecule has 0 heterocycles. The number of rotatable bonds is 4. The van der Waals surface area contributed by atoms with Gasteiger partial charge in [-0.1, -0.05) is 17.7 Å². The molecule has 0 N–H and O–H groups in total. The van der Waals surface area contributed by atoms with Gasteiger partial charge in [0, 0.05) is 0 Å². The van der Waals surface area contributed by atoms with Crippen molar-refractivity contribution < 1.29 is 19.1 Å². The molecule has 0 atom stereocenters. The van der Waals surface area contributed by atoms with E-state index in [0.717, 1.165) is 16.7 Å². The second-order valence-corrected chi connectivity index (χ2v) is 4.28. The monoisotopic (exact) mass is 250 g/mol. The Morgan fingerprint density at radius 1 is 1.00 bits per heavy atom.